The third-order valence-electron chi connectivity index (χ3n) is 10.9. The van der Waals surface area contributed by atoms with Crippen LogP contribution < -0.4 is 0 Å². The standard InChI is InChI=1S/C49H29N7S/c1-4-14-30(15-5-1)31-24-26-33(27-25-31)47-52-46(32-16-6-2-7-17-32)53-49(54-47)56-39-23-13-10-20-35(39)40-43-41(45-42(44(40)56)37-28-50-29-51-48(37)57-45)36-21-11-12-22-38(36)55(43)34-18-8-3-9-19-34/h1-29H. The van der Waals surface area contributed by atoms with Crippen molar-refractivity contribution in [3.05, 3.63) is 176 Å². The molecule has 12 aromatic rings. The van der Waals surface area contributed by atoms with E-state index in [0.29, 0.717) is 17.6 Å². The minimum Gasteiger partial charge on any atom is -0.308 e. The Morgan fingerprint density at radius 2 is 0.930 bits per heavy atom. The zero-order valence-corrected chi connectivity index (χ0v) is 31.1. The van der Waals surface area contributed by atoms with Crippen molar-refractivity contribution in [2.75, 3.05) is 0 Å². The summed E-state index contributed by atoms with van der Waals surface area (Å²) in [4.78, 5) is 26.1. The van der Waals surface area contributed by atoms with Crippen LogP contribution in [0.4, 0.5) is 0 Å². The number of rotatable bonds is 5. The molecule has 0 aliphatic carbocycles. The Bertz CT molecular complexity index is 3500. The molecule has 0 saturated heterocycles. The molecular formula is C49H29N7S. The van der Waals surface area contributed by atoms with Crippen molar-refractivity contribution in [1.29, 1.82) is 0 Å². The van der Waals surface area contributed by atoms with Crippen molar-refractivity contribution in [2.24, 2.45) is 0 Å². The normalized spacial score (nSPS) is 11.9. The van der Waals surface area contributed by atoms with Crippen molar-refractivity contribution < 1.29 is 0 Å². The summed E-state index contributed by atoms with van der Waals surface area (Å²) >= 11 is 1.71. The predicted molar refractivity (Wildman–Crippen MR) is 233 cm³/mol. The van der Waals surface area contributed by atoms with E-state index < -0.39 is 0 Å². The molecule has 5 aromatic heterocycles. The summed E-state index contributed by atoms with van der Waals surface area (Å²) < 4.78 is 5.81. The summed E-state index contributed by atoms with van der Waals surface area (Å²) in [5, 5.41) is 6.69. The van der Waals surface area contributed by atoms with Crippen molar-refractivity contribution in [3.63, 3.8) is 0 Å². The van der Waals surface area contributed by atoms with Crippen LogP contribution in [0.25, 0.3) is 109 Å². The van der Waals surface area contributed by atoms with Gasteiger partial charge in [-0.15, -0.1) is 11.3 Å². The molecule has 0 fully saturated rings. The Kier molecular flexibility index (Phi) is 6.96. The van der Waals surface area contributed by atoms with Gasteiger partial charge in [0.15, 0.2) is 11.6 Å². The number of hydrogen-bond donors (Lipinski definition) is 0. The highest BCUT2D eigenvalue weighted by Gasteiger charge is 2.28. The number of hydrogen-bond acceptors (Lipinski definition) is 6. The van der Waals surface area contributed by atoms with Gasteiger partial charge in [0.05, 0.1) is 22.1 Å². The molecule has 7 aromatic carbocycles. The molecule has 0 bridgehead atoms. The van der Waals surface area contributed by atoms with Gasteiger partial charge in [-0.1, -0.05) is 140 Å². The Balaban J connectivity index is 1.25. The number of benzene rings is 7. The molecule has 0 atom stereocenters. The number of para-hydroxylation sites is 3. The van der Waals surface area contributed by atoms with Crippen LogP contribution in [0.2, 0.25) is 0 Å². The molecule has 0 radical (unpaired) electrons. The molecule has 0 spiro atoms. The lowest BCUT2D eigenvalue weighted by molar-refractivity contribution is 0.955. The maximum atomic E-state index is 5.36. The zero-order valence-electron chi connectivity index (χ0n) is 30.3. The molecular weight excluding hydrogens is 719 g/mol. The van der Waals surface area contributed by atoms with Crippen LogP contribution in [0.15, 0.2) is 176 Å². The topological polar surface area (TPSA) is 74.3 Å². The van der Waals surface area contributed by atoms with Crippen LogP contribution in [0.5, 0.6) is 0 Å². The summed E-state index contributed by atoms with van der Waals surface area (Å²) in [7, 11) is 0. The van der Waals surface area contributed by atoms with Gasteiger partial charge < -0.3 is 4.57 Å². The van der Waals surface area contributed by atoms with Gasteiger partial charge in [0.2, 0.25) is 5.95 Å². The van der Waals surface area contributed by atoms with E-state index in [-0.39, 0.29) is 0 Å². The molecule has 5 heterocycles. The molecule has 12 rings (SSSR count). The first kappa shape index (κ1) is 31.8. The third-order valence-corrected chi connectivity index (χ3v) is 12.1. The Morgan fingerprint density at radius 1 is 0.421 bits per heavy atom. The van der Waals surface area contributed by atoms with E-state index in [1.807, 2.05) is 30.5 Å². The number of fused-ring (bicyclic) bond motifs is 12. The van der Waals surface area contributed by atoms with E-state index in [4.69, 9.17) is 19.9 Å². The van der Waals surface area contributed by atoms with Crippen molar-refractivity contribution >= 4 is 75.3 Å². The van der Waals surface area contributed by atoms with Gasteiger partial charge in [0.1, 0.15) is 11.2 Å². The van der Waals surface area contributed by atoms with Gasteiger partial charge in [0, 0.05) is 60.0 Å². The highest BCUT2D eigenvalue weighted by molar-refractivity contribution is 7.26. The molecule has 0 saturated carbocycles. The molecule has 57 heavy (non-hydrogen) atoms. The minimum atomic E-state index is 0.538. The average Bonchev–Trinajstić information content (AvgIpc) is 3.95. The molecule has 7 nitrogen and oxygen atoms in total. The van der Waals surface area contributed by atoms with Gasteiger partial charge in [-0.05, 0) is 35.4 Å². The molecule has 0 aliphatic heterocycles. The number of thiophene rings is 1. The first-order valence-electron chi connectivity index (χ1n) is 18.8. The summed E-state index contributed by atoms with van der Waals surface area (Å²) in [6.07, 6.45) is 3.59. The van der Waals surface area contributed by atoms with E-state index in [9.17, 15) is 0 Å². The lowest BCUT2D eigenvalue weighted by Crippen LogP contribution is -2.06. The summed E-state index contributed by atoms with van der Waals surface area (Å²) in [6, 6.07) is 57.0. The maximum Gasteiger partial charge on any atom is 0.238 e. The van der Waals surface area contributed by atoms with Gasteiger partial charge >= 0.3 is 0 Å². The van der Waals surface area contributed by atoms with E-state index in [1.54, 1.807) is 17.7 Å². The van der Waals surface area contributed by atoms with E-state index in [0.717, 1.165) is 81.1 Å². The molecule has 0 amide bonds. The molecule has 0 aliphatic rings. The summed E-state index contributed by atoms with van der Waals surface area (Å²) in [6.45, 7) is 0. The largest absolute Gasteiger partial charge is 0.308 e. The third kappa shape index (κ3) is 4.81. The average molecular weight is 748 g/mol. The van der Waals surface area contributed by atoms with Crippen molar-refractivity contribution in [2.45, 2.75) is 0 Å². The molecule has 0 N–H and O–H groups in total. The smallest absolute Gasteiger partial charge is 0.238 e. The fourth-order valence-electron chi connectivity index (χ4n) is 8.48. The monoisotopic (exact) mass is 747 g/mol. The first-order valence-corrected chi connectivity index (χ1v) is 19.7. The quantitative estimate of drug-likeness (QED) is 0.175. The van der Waals surface area contributed by atoms with Crippen LogP contribution in [-0.4, -0.2) is 34.1 Å². The van der Waals surface area contributed by atoms with E-state index in [2.05, 4.69) is 154 Å². The molecule has 266 valence electrons. The number of nitrogens with zero attached hydrogens (tertiary/aromatic N) is 7. The van der Waals surface area contributed by atoms with Gasteiger partial charge in [0.25, 0.3) is 0 Å². The van der Waals surface area contributed by atoms with Crippen LogP contribution in [0.3, 0.4) is 0 Å². The van der Waals surface area contributed by atoms with Crippen molar-refractivity contribution in [3.8, 4) is 45.5 Å². The van der Waals surface area contributed by atoms with Crippen LogP contribution in [0, 0.1) is 0 Å². The number of aromatic nitrogens is 7. The highest BCUT2D eigenvalue weighted by Crippen LogP contribution is 2.50. The fraction of sp³-hybridized carbons (Fsp3) is 0. The molecule has 8 heteroatoms. The highest BCUT2D eigenvalue weighted by atomic mass is 32.1. The van der Waals surface area contributed by atoms with Crippen LogP contribution in [-0.2, 0) is 0 Å². The Labute approximate surface area is 329 Å². The maximum absolute atomic E-state index is 5.36. The minimum absolute atomic E-state index is 0.538. The Morgan fingerprint density at radius 3 is 1.63 bits per heavy atom. The SMILES string of the molecule is c1ccc(-c2ccc(-c3nc(-c4ccccc4)nc(-n4c5ccccc5c5c6c(c7ccccc7n6-c6ccccc6)c6sc7ncncc7c6c54)n3)cc2)cc1. The lowest BCUT2D eigenvalue weighted by atomic mass is 10.0. The second-order valence-corrected chi connectivity index (χ2v) is 15.1. The van der Waals surface area contributed by atoms with Crippen LogP contribution in [0.1, 0.15) is 0 Å². The van der Waals surface area contributed by atoms with Gasteiger partial charge in [-0.3, -0.25) is 4.57 Å². The second kappa shape index (κ2) is 12.5. The molecule has 0 unspecified atom stereocenters. The lowest BCUT2D eigenvalue weighted by Gasteiger charge is -2.13. The summed E-state index contributed by atoms with van der Waals surface area (Å²) in [5.74, 6) is 1.73. The second-order valence-electron chi connectivity index (χ2n) is 14.1. The van der Waals surface area contributed by atoms with E-state index >= 15 is 0 Å². The van der Waals surface area contributed by atoms with E-state index in [1.165, 1.54) is 10.8 Å². The van der Waals surface area contributed by atoms with Gasteiger partial charge in [-0.25, -0.2) is 15.0 Å². The fourth-order valence-corrected chi connectivity index (χ4v) is 9.66. The Hall–Kier alpha value is -7.55. The first-order chi connectivity index (χ1) is 28.3. The van der Waals surface area contributed by atoms with Crippen molar-refractivity contribution in [1.82, 2.24) is 34.1 Å². The zero-order chi connectivity index (χ0) is 37.5. The summed E-state index contributed by atoms with van der Waals surface area (Å²) in [5.41, 5.74) is 9.48. The van der Waals surface area contributed by atoms with Gasteiger partial charge in [-0.2, -0.15) is 9.97 Å². The van der Waals surface area contributed by atoms with Crippen LogP contribution >= 0.6 is 11.3 Å². The predicted octanol–water partition coefficient (Wildman–Crippen LogP) is 12.2.